The average Bonchev–Trinajstić information content (AvgIpc) is 2.64. The van der Waals surface area contributed by atoms with E-state index < -0.39 is 0 Å². The molecule has 0 bridgehead atoms. The summed E-state index contributed by atoms with van der Waals surface area (Å²) in [6.45, 7) is 3.01. The van der Waals surface area contributed by atoms with E-state index in [2.05, 4.69) is 34.6 Å². The van der Waals surface area contributed by atoms with Gasteiger partial charge in [-0.2, -0.15) is 11.8 Å². The van der Waals surface area contributed by atoms with E-state index in [1.807, 2.05) is 12.3 Å². The third kappa shape index (κ3) is 5.59. The summed E-state index contributed by atoms with van der Waals surface area (Å²) in [6, 6.07) is 4.98. The first-order valence-corrected chi connectivity index (χ1v) is 10.4. The Morgan fingerprint density at radius 1 is 1.27 bits per heavy atom. The van der Waals surface area contributed by atoms with Gasteiger partial charge in [-0.3, -0.25) is 4.99 Å². The Hall–Kier alpha value is -1.31. The molecule has 0 spiro atoms. The van der Waals surface area contributed by atoms with Gasteiger partial charge in [0.15, 0.2) is 5.96 Å². The highest BCUT2D eigenvalue weighted by molar-refractivity contribution is 7.97. The van der Waals surface area contributed by atoms with E-state index in [0.717, 1.165) is 55.4 Å². The Balaban J connectivity index is 1.96. The van der Waals surface area contributed by atoms with Crippen LogP contribution < -0.4 is 10.6 Å². The van der Waals surface area contributed by atoms with Crippen molar-refractivity contribution in [2.24, 2.45) is 4.99 Å². The Morgan fingerprint density at radius 3 is 2.62 bits per heavy atom. The number of benzene rings is 1. The molecule has 0 amide bonds. The molecule has 5 nitrogen and oxygen atoms in total. The second-order valence-corrected chi connectivity index (χ2v) is 7.72. The summed E-state index contributed by atoms with van der Waals surface area (Å²) in [7, 11) is 6.02. The van der Waals surface area contributed by atoms with Gasteiger partial charge in [0.05, 0.1) is 0 Å². The summed E-state index contributed by atoms with van der Waals surface area (Å²) in [6.07, 6.45) is 4.02. The molecule has 1 aromatic carbocycles. The number of hydrogen-bond acceptors (Lipinski definition) is 4. The zero-order valence-corrected chi connectivity index (χ0v) is 17.1. The Morgan fingerprint density at radius 2 is 2.00 bits per heavy atom. The van der Waals surface area contributed by atoms with E-state index in [1.165, 1.54) is 6.07 Å². The molecule has 26 heavy (non-hydrogen) atoms. The molecule has 1 aliphatic heterocycles. The SMILES string of the molecule is CN=C(NCc1ccc(F)cc1CSC)NCC1(N(C)C)CCOCC1. The lowest BCUT2D eigenvalue weighted by atomic mass is 9.88. The van der Waals surface area contributed by atoms with Gasteiger partial charge in [0.2, 0.25) is 0 Å². The number of nitrogens with one attached hydrogen (secondary N) is 2. The maximum Gasteiger partial charge on any atom is 0.191 e. The van der Waals surface area contributed by atoms with Crippen molar-refractivity contribution in [3.05, 3.63) is 35.1 Å². The first-order valence-electron chi connectivity index (χ1n) is 8.97. The molecule has 1 fully saturated rings. The van der Waals surface area contributed by atoms with E-state index in [9.17, 15) is 4.39 Å². The molecule has 1 aromatic rings. The molecule has 0 atom stereocenters. The molecule has 2 rings (SSSR count). The lowest BCUT2D eigenvalue weighted by molar-refractivity contribution is -0.00501. The van der Waals surface area contributed by atoms with Crippen LogP contribution in [0.15, 0.2) is 23.2 Å². The molecule has 2 N–H and O–H groups in total. The maximum atomic E-state index is 13.5. The fraction of sp³-hybridized carbons (Fsp3) is 0.632. The first-order chi connectivity index (χ1) is 12.5. The Labute approximate surface area is 160 Å². The largest absolute Gasteiger partial charge is 0.381 e. The third-order valence-corrected chi connectivity index (χ3v) is 5.69. The molecule has 0 unspecified atom stereocenters. The van der Waals surface area contributed by atoms with Gasteiger partial charge in [-0.25, -0.2) is 4.39 Å². The summed E-state index contributed by atoms with van der Waals surface area (Å²) >= 11 is 1.69. The molecule has 0 aliphatic carbocycles. The minimum Gasteiger partial charge on any atom is -0.381 e. The van der Waals surface area contributed by atoms with Crippen molar-refractivity contribution in [3.8, 4) is 0 Å². The van der Waals surface area contributed by atoms with Crippen LogP contribution in [0.4, 0.5) is 4.39 Å². The number of aliphatic imine (C=N–C) groups is 1. The van der Waals surface area contributed by atoms with Crippen LogP contribution in [0, 0.1) is 5.82 Å². The molecular formula is C19H31FN4OS. The minimum absolute atomic E-state index is 0.0791. The van der Waals surface area contributed by atoms with Gasteiger partial charge in [0.1, 0.15) is 5.82 Å². The van der Waals surface area contributed by atoms with Crippen molar-refractivity contribution >= 4 is 17.7 Å². The van der Waals surface area contributed by atoms with Crippen molar-refractivity contribution < 1.29 is 9.13 Å². The van der Waals surface area contributed by atoms with Crippen molar-refractivity contribution in [1.29, 1.82) is 0 Å². The smallest absolute Gasteiger partial charge is 0.191 e. The predicted octanol–water partition coefficient (Wildman–Crippen LogP) is 2.46. The lowest BCUT2D eigenvalue weighted by Crippen LogP contribution is -2.57. The number of halogens is 1. The lowest BCUT2D eigenvalue weighted by Gasteiger charge is -2.43. The van der Waals surface area contributed by atoms with Crippen molar-refractivity contribution in [2.75, 3.05) is 47.2 Å². The molecule has 0 saturated carbocycles. The highest BCUT2D eigenvalue weighted by Gasteiger charge is 2.34. The highest BCUT2D eigenvalue weighted by Crippen LogP contribution is 2.25. The number of rotatable bonds is 7. The molecular weight excluding hydrogens is 351 g/mol. The van der Waals surface area contributed by atoms with Crippen LogP contribution in [0.2, 0.25) is 0 Å². The summed E-state index contributed by atoms with van der Waals surface area (Å²) in [5, 5.41) is 6.81. The zero-order valence-electron chi connectivity index (χ0n) is 16.3. The van der Waals surface area contributed by atoms with Gasteiger partial charge in [-0.1, -0.05) is 6.07 Å². The number of thioether (sulfide) groups is 1. The summed E-state index contributed by atoms with van der Waals surface area (Å²) in [4.78, 5) is 6.62. The second kappa shape index (κ2) is 10.1. The molecule has 7 heteroatoms. The third-order valence-electron chi connectivity index (χ3n) is 5.10. The molecule has 1 saturated heterocycles. The number of ether oxygens (including phenoxy) is 1. The highest BCUT2D eigenvalue weighted by atomic mass is 32.2. The van der Waals surface area contributed by atoms with E-state index in [4.69, 9.17) is 4.74 Å². The molecule has 0 radical (unpaired) electrons. The molecule has 1 heterocycles. The standard InChI is InChI=1S/C19H31FN4OS/c1-21-18(23-14-19(24(2)3)7-9-25-10-8-19)22-12-15-5-6-17(20)11-16(15)13-26-4/h5-6,11H,7-10,12-14H2,1-4H3,(H2,21,22,23). The fourth-order valence-electron chi connectivity index (χ4n) is 3.24. The number of hydrogen-bond donors (Lipinski definition) is 2. The van der Waals surface area contributed by atoms with Crippen LogP contribution >= 0.6 is 11.8 Å². The summed E-state index contributed by atoms with van der Waals surface area (Å²) < 4.78 is 19.0. The molecule has 1 aliphatic rings. The van der Waals surface area contributed by atoms with Crippen LogP contribution in [0.25, 0.3) is 0 Å². The average molecular weight is 383 g/mol. The summed E-state index contributed by atoms with van der Waals surface area (Å²) in [5.41, 5.74) is 2.20. The topological polar surface area (TPSA) is 48.9 Å². The summed E-state index contributed by atoms with van der Waals surface area (Å²) in [5.74, 6) is 1.37. The van der Waals surface area contributed by atoms with Crippen LogP contribution in [0.3, 0.4) is 0 Å². The van der Waals surface area contributed by atoms with Gasteiger partial charge in [-0.05, 0) is 56.5 Å². The molecule has 146 valence electrons. The predicted molar refractivity (Wildman–Crippen MR) is 108 cm³/mol. The Kier molecular flexibility index (Phi) is 8.18. The quantitative estimate of drug-likeness (QED) is 0.560. The van der Waals surface area contributed by atoms with Crippen molar-refractivity contribution in [3.63, 3.8) is 0 Å². The van der Waals surface area contributed by atoms with E-state index in [-0.39, 0.29) is 11.4 Å². The van der Waals surface area contributed by atoms with Gasteiger partial charge in [0, 0.05) is 44.6 Å². The Bertz CT molecular complexity index is 603. The first kappa shape index (κ1) is 21.0. The second-order valence-electron chi connectivity index (χ2n) is 6.86. The fourth-order valence-corrected chi connectivity index (χ4v) is 3.82. The van der Waals surface area contributed by atoms with Crippen molar-refractivity contribution in [1.82, 2.24) is 15.5 Å². The van der Waals surface area contributed by atoms with Gasteiger partial charge < -0.3 is 20.3 Å². The van der Waals surface area contributed by atoms with Gasteiger partial charge in [0.25, 0.3) is 0 Å². The minimum atomic E-state index is -0.187. The number of nitrogens with zero attached hydrogens (tertiary/aromatic N) is 2. The van der Waals surface area contributed by atoms with E-state index in [1.54, 1.807) is 24.9 Å². The van der Waals surface area contributed by atoms with Crippen LogP contribution in [0.5, 0.6) is 0 Å². The molecule has 0 aromatic heterocycles. The number of likely N-dealkylation sites (N-methyl/N-ethyl adjacent to an activating group) is 1. The number of guanidine groups is 1. The zero-order chi connectivity index (χ0) is 19.0. The van der Waals surface area contributed by atoms with Gasteiger partial charge in [-0.15, -0.1) is 0 Å². The normalized spacial score (nSPS) is 17.4. The van der Waals surface area contributed by atoms with Crippen LogP contribution in [-0.4, -0.2) is 63.6 Å². The monoisotopic (exact) mass is 382 g/mol. The van der Waals surface area contributed by atoms with Crippen LogP contribution in [0.1, 0.15) is 24.0 Å². The van der Waals surface area contributed by atoms with E-state index in [0.29, 0.717) is 6.54 Å². The van der Waals surface area contributed by atoms with Crippen molar-refractivity contribution in [2.45, 2.75) is 30.7 Å². The van der Waals surface area contributed by atoms with Crippen LogP contribution in [-0.2, 0) is 17.0 Å². The van der Waals surface area contributed by atoms with E-state index >= 15 is 0 Å². The van der Waals surface area contributed by atoms with Gasteiger partial charge >= 0.3 is 0 Å². The maximum absolute atomic E-state index is 13.5.